The molecule has 1 aliphatic rings. The summed E-state index contributed by atoms with van der Waals surface area (Å²) >= 11 is 1.56. The number of carbonyl (C=O) groups excluding carboxylic acids is 1. The van der Waals surface area contributed by atoms with Crippen LogP contribution in [-0.4, -0.2) is 30.4 Å². The highest BCUT2D eigenvalue weighted by Gasteiger charge is 2.27. The first kappa shape index (κ1) is 12.4. The molecule has 0 saturated heterocycles. The van der Waals surface area contributed by atoms with Crippen molar-refractivity contribution in [3.63, 3.8) is 0 Å². The largest absolute Gasteiger partial charge is 0.390 e. The summed E-state index contributed by atoms with van der Waals surface area (Å²) in [6, 6.07) is 0.537. The molecular formula is C12H19N3OS. The highest BCUT2D eigenvalue weighted by molar-refractivity contribution is 7.16. The average Bonchev–Trinajstić information content (AvgIpc) is 2.62. The van der Waals surface area contributed by atoms with Crippen LogP contribution < -0.4 is 11.1 Å². The Hall–Kier alpha value is -1.07. The van der Waals surface area contributed by atoms with Gasteiger partial charge in [0.05, 0.1) is 10.6 Å². The Labute approximate surface area is 106 Å². The zero-order valence-corrected chi connectivity index (χ0v) is 11.4. The van der Waals surface area contributed by atoms with E-state index in [0.29, 0.717) is 16.6 Å². The molecule has 0 atom stereocenters. The van der Waals surface area contributed by atoms with E-state index < -0.39 is 0 Å². The van der Waals surface area contributed by atoms with Crippen LogP contribution in [-0.2, 0) is 13.0 Å². The number of rotatable bonds is 2. The molecule has 94 valence electrons. The molecule has 5 heteroatoms. The fraction of sp³-hybridized carbons (Fsp3) is 0.583. The molecule has 0 unspecified atom stereocenters. The third kappa shape index (κ3) is 2.17. The van der Waals surface area contributed by atoms with Crippen LogP contribution >= 0.6 is 11.3 Å². The first-order valence-electron chi connectivity index (χ1n) is 5.90. The number of hydrogen-bond acceptors (Lipinski definition) is 4. The fourth-order valence-electron chi connectivity index (χ4n) is 2.26. The van der Waals surface area contributed by atoms with Crippen molar-refractivity contribution < 1.29 is 4.79 Å². The Morgan fingerprint density at radius 3 is 2.82 bits per heavy atom. The van der Waals surface area contributed by atoms with Gasteiger partial charge in [0.1, 0.15) is 0 Å². The summed E-state index contributed by atoms with van der Waals surface area (Å²) < 4.78 is 0. The molecule has 0 aliphatic carbocycles. The van der Waals surface area contributed by atoms with Crippen LogP contribution in [0.2, 0.25) is 0 Å². The number of nitrogens with two attached hydrogens (primary N) is 1. The Morgan fingerprint density at radius 1 is 1.53 bits per heavy atom. The third-order valence-electron chi connectivity index (χ3n) is 3.30. The van der Waals surface area contributed by atoms with E-state index in [9.17, 15) is 4.79 Å². The van der Waals surface area contributed by atoms with Gasteiger partial charge in [-0.15, -0.1) is 11.3 Å². The SMILES string of the molecule is CNC(=O)c1c(N)sc2c1CCN(C(C)C)C2. The summed E-state index contributed by atoms with van der Waals surface area (Å²) in [6.45, 7) is 6.31. The van der Waals surface area contributed by atoms with Crippen LogP contribution in [0, 0.1) is 0 Å². The molecule has 0 aromatic carbocycles. The minimum atomic E-state index is -0.0574. The van der Waals surface area contributed by atoms with Crippen molar-refractivity contribution >= 4 is 22.2 Å². The lowest BCUT2D eigenvalue weighted by molar-refractivity contribution is 0.0962. The number of thiophene rings is 1. The molecule has 2 heterocycles. The molecule has 1 aromatic heterocycles. The van der Waals surface area contributed by atoms with Gasteiger partial charge in [-0.25, -0.2) is 0 Å². The number of fused-ring (bicyclic) bond motifs is 1. The number of nitrogen functional groups attached to an aromatic ring is 1. The Balaban J connectivity index is 2.34. The molecule has 2 rings (SSSR count). The van der Waals surface area contributed by atoms with Crippen molar-refractivity contribution in [3.05, 3.63) is 16.0 Å². The highest BCUT2D eigenvalue weighted by Crippen LogP contribution is 2.35. The lowest BCUT2D eigenvalue weighted by Crippen LogP contribution is -2.35. The number of nitrogens with zero attached hydrogens (tertiary/aromatic N) is 1. The van der Waals surface area contributed by atoms with E-state index in [1.54, 1.807) is 18.4 Å². The van der Waals surface area contributed by atoms with E-state index in [0.717, 1.165) is 25.1 Å². The molecule has 0 bridgehead atoms. The van der Waals surface area contributed by atoms with E-state index >= 15 is 0 Å². The van der Waals surface area contributed by atoms with E-state index in [1.165, 1.54) is 4.88 Å². The standard InChI is InChI=1S/C12H19N3OS/c1-7(2)15-5-4-8-9(6-15)17-11(13)10(8)12(16)14-3/h7H,4-6,13H2,1-3H3,(H,14,16). The minimum Gasteiger partial charge on any atom is -0.390 e. The third-order valence-corrected chi connectivity index (χ3v) is 4.34. The first-order valence-corrected chi connectivity index (χ1v) is 6.72. The zero-order chi connectivity index (χ0) is 12.6. The van der Waals surface area contributed by atoms with Crippen molar-refractivity contribution in [2.75, 3.05) is 19.3 Å². The van der Waals surface area contributed by atoms with Gasteiger partial charge in [0, 0.05) is 31.1 Å². The molecule has 1 amide bonds. The molecule has 0 saturated carbocycles. The average molecular weight is 253 g/mol. The molecule has 1 aromatic rings. The van der Waals surface area contributed by atoms with Crippen LogP contribution in [0.4, 0.5) is 5.00 Å². The summed E-state index contributed by atoms with van der Waals surface area (Å²) in [5.41, 5.74) is 7.82. The smallest absolute Gasteiger partial charge is 0.254 e. The number of amides is 1. The van der Waals surface area contributed by atoms with E-state index in [-0.39, 0.29) is 5.91 Å². The lowest BCUT2D eigenvalue weighted by Gasteiger charge is -2.30. The molecule has 17 heavy (non-hydrogen) atoms. The molecular weight excluding hydrogens is 234 g/mol. The van der Waals surface area contributed by atoms with Gasteiger partial charge in [0.15, 0.2) is 0 Å². The van der Waals surface area contributed by atoms with Crippen LogP contribution in [0.15, 0.2) is 0 Å². The van der Waals surface area contributed by atoms with Crippen LogP contribution in [0.3, 0.4) is 0 Å². The van der Waals surface area contributed by atoms with Gasteiger partial charge in [-0.3, -0.25) is 9.69 Å². The zero-order valence-electron chi connectivity index (χ0n) is 10.5. The molecule has 0 spiro atoms. The van der Waals surface area contributed by atoms with Crippen LogP contribution in [0.5, 0.6) is 0 Å². The topological polar surface area (TPSA) is 58.4 Å². The first-order chi connectivity index (χ1) is 8.04. The Kier molecular flexibility index (Phi) is 3.40. The maximum atomic E-state index is 11.8. The fourth-order valence-corrected chi connectivity index (χ4v) is 3.40. The molecule has 4 nitrogen and oxygen atoms in total. The maximum absolute atomic E-state index is 11.8. The minimum absolute atomic E-state index is 0.0574. The lowest BCUT2D eigenvalue weighted by atomic mass is 10.0. The van der Waals surface area contributed by atoms with Gasteiger partial charge in [-0.2, -0.15) is 0 Å². The Bertz CT molecular complexity index is 439. The quantitative estimate of drug-likeness (QED) is 0.839. The van der Waals surface area contributed by atoms with Crippen molar-refractivity contribution in [2.45, 2.75) is 32.9 Å². The highest BCUT2D eigenvalue weighted by atomic mass is 32.1. The van der Waals surface area contributed by atoms with Gasteiger partial charge < -0.3 is 11.1 Å². The second-order valence-corrected chi connectivity index (χ2v) is 5.77. The Morgan fingerprint density at radius 2 is 2.24 bits per heavy atom. The van der Waals surface area contributed by atoms with Gasteiger partial charge in [-0.1, -0.05) is 0 Å². The van der Waals surface area contributed by atoms with E-state index in [4.69, 9.17) is 5.73 Å². The van der Waals surface area contributed by atoms with Gasteiger partial charge in [0.2, 0.25) is 0 Å². The maximum Gasteiger partial charge on any atom is 0.254 e. The van der Waals surface area contributed by atoms with Gasteiger partial charge in [0.25, 0.3) is 5.91 Å². The van der Waals surface area contributed by atoms with E-state index in [2.05, 4.69) is 24.1 Å². The second kappa shape index (κ2) is 4.66. The summed E-state index contributed by atoms with van der Waals surface area (Å²) in [7, 11) is 1.65. The van der Waals surface area contributed by atoms with Crippen LogP contribution in [0.1, 0.15) is 34.6 Å². The van der Waals surface area contributed by atoms with Gasteiger partial charge >= 0.3 is 0 Å². The van der Waals surface area contributed by atoms with Gasteiger partial charge in [-0.05, 0) is 25.8 Å². The van der Waals surface area contributed by atoms with Crippen molar-refractivity contribution in [3.8, 4) is 0 Å². The van der Waals surface area contributed by atoms with Crippen LogP contribution in [0.25, 0.3) is 0 Å². The van der Waals surface area contributed by atoms with Crippen molar-refractivity contribution in [1.29, 1.82) is 0 Å². The summed E-state index contributed by atoms with van der Waals surface area (Å²) in [5, 5.41) is 3.32. The number of carbonyl (C=O) groups is 1. The molecule has 0 radical (unpaired) electrons. The predicted molar refractivity (Wildman–Crippen MR) is 71.4 cm³/mol. The second-order valence-electron chi connectivity index (χ2n) is 4.64. The van der Waals surface area contributed by atoms with Crippen molar-refractivity contribution in [1.82, 2.24) is 10.2 Å². The van der Waals surface area contributed by atoms with Crippen molar-refractivity contribution in [2.24, 2.45) is 0 Å². The molecule has 0 fully saturated rings. The normalized spacial score (nSPS) is 16.0. The summed E-state index contributed by atoms with van der Waals surface area (Å²) in [6.07, 6.45) is 0.921. The molecule has 3 N–H and O–H groups in total. The number of nitrogens with one attached hydrogen (secondary N) is 1. The summed E-state index contributed by atoms with van der Waals surface area (Å²) in [5.74, 6) is -0.0574. The number of hydrogen-bond donors (Lipinski definition) is 2. The monoisotopic (exact) mass is 253 g/mol. The number of anilines is 1. The summed E-state index contributed by atoms with van der Waals surface area (Å²) in [4.78, 5) is 15.4. The predicted octanol–water partition coefficient (Wildman–Crippen LogP) is 1.46. The molecule has 1 aliphatic heterocycles. The van der Waals surface area contributed by atoms with E-state index in [1.807, 2.05) is 0 Å².